The average Bonchev–Trinajstić information content (AvgIpc) is 3.74. The van der Waals surface area contributed by atoms with Crippen molar-refractivity contribution in [3.8, 4) is 0 Å². The van der Waals surface area contributed by atoms with Crippen LogP contribution in [-0.4, -0.2) is 82.3 Å². The van der Waals surface area contributed by atoms with E-state index in [0.717, 1.165) is 128 Å². The van der Waals surface area contributed by atoms with Crippen molar-refractivity contribution < 1.29 is 42.9 Å². The van der Waals surface area contributed by atoms with E-state index in [9.17, 15) is 19.5 Å². The van der Waals surface area contributed by atoms with Gasteiger partial charge in [-0.1, -0.05) is 345 Å². The smallest absolute Gasteiger partial charge is 0.306 e. The molecule has 0 rings (SSSR count). The van der Waals surface area contributed by atoms with Crippen LogP contribution in [0.5, 0.6) is 0 Å². The Hall–Kier alpha value is -5.09. The van der Waals surface area contributed by atoms with Gasteiger partial charge >= 0.3 is 11.9 Å². The fourth-order valence-corrected chi connectivity index (χ4v) is 10.8. The topological polar surface area (TPSA) is 111 Å². The van der Waals surface area contributed by atoms with Crippen molar-refractivity contribution >= 4 is 17.9 Å². The molecule has 0 aliphatic carbocycles. The summed E-state index contributed by atoms with van der Waals surface area (Å²) in [7, 11) is 5.93. The van der Waals surface area contributed by atoms with Crippen LogP contribution < -0.4 is 5.11 Å². The third kappa shape index (κ3) is 78.1. The first kappa shape index (κ1) is 91.9. The van der Waals surface area contributed by atoms with E-state index in [1.54, 1.807) is 0 Å². The molecule has 0 aromatic carbocycles. The quantitative estimate of drug-likeness (QED) is 0.0195. The van der Waals surface area contributed by atoms with Crippen molar-refractivity contribution in [1.29, 1.82) is 0 Å². The van der Waals surface area contributed by atoms with Gasteiger partial charge in [-0.25, -0.2) is 0 Å². The van der Waals surface area contributed by atoms with Gasteiger partial charge in [-0.2, -0.15) is 0 Å². The Bertz CT molecular complexity index is 2160. The second-order valence-corrected chi connectivity index (χ2v) is 27.2. The van der Waals surface area contributed by atoms with Gasteiger partial charge in [0.25, 0.3) is 0 Å². The van der Waals surface area contributed by atoms with E-state index < -0.39 is 24.3 Å². The molecule has 0 aliphatic heterocycles. The van der Waals surface area contributed by atoms with E-state index >= 15 is 0 Å². The molecule has 0 heterocycles. The number of hydrogen-bond donors (Lipinski definition) is 0. The number of aliphatic carboxylic acids is 1. The third-order valence-electron chi connectivity index (χ3n) is 16.8. The minimum Gasteiger partial charge on any atom is -0.545 e. The Kier molecular flexibility index (Phi) is 72.6. The number of carbonyl (C=O) groups is 3. The number of quaternary nitrogens is 1. The Morgan fingerprint density at radius 3 is 0.825 bits per heavy atom. The first-order valence-corrected chi connectivity index (χ1v) is 39.6. The summed E-state index contributed by atoms with van der Waals surface area (Å²) in [5, 5.41) is 11.9. The maximum absolute atomic E-state index is 13.0. The molecule has 97 heavy (non-hydrogen) atoms. The summed E-state index contributed by atoms with van der Waals surface area (Å²) in [4.78, 5) is 37.6. The molecular formula is C88H147NO8. The molecule has 0 amide bonds. The highest BCUT2D eigenvalue weighted by Crippen LogP contribution is 2.18. The largest absolute Gasteiger partial charge is 0.545 e. The van der Waals surface area contributed by atoms with Gasteiger partial charge in [-0.3, -0.25) is 9.59 Å². The molecule has 0 saturated heterocycles. The van der Waals surface area contributed by atoms with Crippen LogP contribution in [0.2, 0.25) is 0 Å². The fraction of sp³-hybridized carbons (Fsp3) is 0.670. The molecule has 0 fully saturated rings. The Balaban J connectivity index is 4.07. The van der Waals surface area contributed by atoms with E-state index in [1.165, 1.54) is 161 Å². The van der Waals surface area contributed by atoms with Crippen LogP contribution in [0.25, 0.3) is 0 Å². The molecule has 0 aliphatic rings. The molecule has 552 valence electrons. The maximum atomic E-state index is 13.0. The van der Waals surface area contributed by atoms with E-state index in [0.29, 0.717) is 17.4 Å². The minimum atomic E-state index is -1.63. The summed E-state index contributed by atoms with van der Waals surface area (Å²) in [6.45, 7) is 4.53. The molecule has 0 aromatic rings. The van der Waals surface area contributed by atoms with E-state index in [2.05, 4.69) is 172 Å². The zero-order chi connectivity index (χ0) is 70.4. The molecule has 0 N–H and O–H groups in total. The second-order valence-electron chi connectivity index (χ2n) is 27.2. The number of hydrogen-bond acceptors (Lipinski definition) is 8. The van der Waals surface area contributed by atoms with Crippen molar-refractivity contribution in [3.05, 3.63) is 158 Å². The standard InChI is InChI=1S/C88H147NO8/c1-6-8-10-12-14-16-18-20-22-24-26-28-30-32-34-36-38-40-42-43-45-46-48-50-52-54-56-58-60-62-64-66-68-70-72-74-76-78-85(90)95-82-84(83-96-88(87(92)93)94-81-80-89(3,4)5)97-86(91)79-77-75-73-71-69-67-65-63-61-59-57-55-53-51-49-47-44-41-39-37-35-33-31-29-27-25-23-21-19-17-15-13-11-9-7-2/h8-11,14-17,20-23,26-29,32-35,39,41,47,49,53,55,84,88H,6-7,12-13,18-19,24-25,30-31,36-38,40,42-46,48,50-52,54,56-83H2,1-5H3/b10-8-,11-9-,16-14-,17-15-,22-20-,23-21-,28-26-,29-27-,34-32-,35-33-,41-39-,49-47-,55-53-. The first-order chi connectivity index (χ1) is 47.6. The first-order valence-electron chi connectivity index (χ1n) is 39.6. The summed E-state index contributed by atoms with van der Waals surface area (Å²) in [5.74, 6) is -2.29. The number of ether oxygens (including phenoxy) is 4. The van der Waals surface area contributed by atoms with E-state index in [-0.39, 0.29) is 38.6 Å². The zero-order valence-corrected chi connectivity index (χ0v) is 63.1. The highest BCUT2D eigenvalue weighted by atomic mass is 16.7. The Morgan fingerprint density at radius 1 is 0.309 bits per heavy atom. The fourth-order valence-electron chi connectivity index (χ4n) is 10.8. The van der Waals surface area contributed by atoms with Crippen LogP contribution in [-0.2, 0) is 33.3 Å². The average molecular weight is 1350 g/mol. The summed E-state index contributed by atoms with van der Waals surface area (Å²) in [6.07, 6.45) is 111. The molecule has 0 aromatic heterocycles. The molecule has 0 saturated carbocycles. The number of carboxylic acids is 1. The van der Waals surface area contributed by atoms with E-state index in [1.807, 2.05) is 21.1 Å². The van der Waals surface area contributed by atoms with Crippen molar-refractivity contribution in [2.24, 2.45) is 0 Å². The van der Waals surface area contributed by atoms with E-state index in [4.69, 9.17) is 18.9 Å². The lowest BCUT2D eigenvalue weighted by Gasteiger charge is -2.26. The number of esters is 2. The molecule has 0 bridgehead atoms. The molecule has 0 radical (unpaired) electrons. The second kappa shape index (κ2) is 76.7. The number of rotatable bonds is 72. The van der Waals surface area contributed by atoms with Crippen molar-refractivity contribution in [3.63, 3.8) is 0 Å². The van der Waals surface area contributed by atoms with Gasteiger partial charge in [0, 0.05) is 12.8 Å². The van der Waals surface area contributed by atoms with Crippen LogP contribution in [0, 0.1) is 0 Å². The molecule has 9 heteroatoms. The highest BCUT2D eigenvalue weighted by Gasteiger charge is 2.22. The lowest BCUT2D eigenvalue weighted by molar-refractivity contribution is -0.870. The van der Waals surface area contributed by atoms with Gasteiger partial charge in [-0.15, -0.1) is 0 Å². The molecule has 2 unspecified atom stereocenters. The van der Waals surface area contributed by atoms with Crippen molar-refractivity contribution in [2.75, 3.05) is 47.5 Å². The molecule has 0 spiro atoms. The van der Waals surface area contributed by atoms with Gasteiger partial charge in [-0.05, 0) is 122 Å². The van der Waals surface area contributed by atoms with Crippen LogP contribution in [0.4, 0.5) is 0 Å². The third-order valence-corrected chi connectivity index (χ3v) is 16.8. The van der Waals surface area contributed by atoms with Gasteiger partial charge in [0.15, 0.2) is 12.4 Å². The SMILES string of the molecule is CC/C=C\C/C=C\C/C=C\C/C=C\C/C=C\C/C=C\C/C=C\C/C=C\CCCCCCCCCCCCC(=O)OC(COC(=O)CCCCCCCCCCCCCCCCCCCCCCC/C=C\C/C=C\C/C=C\C/C=C\C/C=C\CC)COC(OCC[N+](C)(C)C)C(=O)[O-]. The molecule has 2 atom stereocenters. The van der Waals surface area contributed by atoms with Crippen LogP contribution in [0.15, 0.2) is 158 Å². The van der Waals surface area contributed by atoms with Crippen LogP contribution in [0.3, 0.4) is 0 Å². The van der Waals surface area contributed by atoms with Crippen molar-refractivity contribution in [2.45, 2.75) is 334 Å². The van der Waals surface area contributed by atoms with Gasteiger partial charge in [0.2, 0.25) is 0 Å². The number of carboxylic acid groups (broad SMARTS) is 1. The highest BCUT2D eigenvalue weighted by molar-refractivity contribution is 5.70. The normalized spacial score (nSPS) is 13.5. The van der Waals surface area contributed by atoms with Crippen molar-refractivity contribution in [1.82, 2.24) is 0 Å². The minimum absolute atomic E-state index is 0.141. The lowest BCUT2D eigenvalue weighted by atomic mass is 10.0. The summed E-state index contributed by atoms with van der Waals surface area (Å²) >= 11 is 0. The number of unbranched alkanes of at least 4 members (excludes halogenated alkanes) is 31. The number of likely N-dealkylation sites (N-methyl/N-ethyl adjacent to an activating group) is 1. The predicted molar refractivity (Wildman–Crippen MR) is 416 cm³/mol. The van der Waals surface area contributed by atoms with Gasteiger partial charge in [0.1, 0.15) is 13.2 Å². The Labute approximate surface area is 597 Å². The number of nitrogens with zero attached hydrogens (tertiary/aromatic N) is 1. The lowest BCUT2D eigenvalue weighted by Crippen LogP contribution is -2.44. The van der Waals surface area contributed by atoms with Crippen LogP contribution >= 0.6 is 0 Å². The van der Waals surface area contributed by atoms with Gasteiger partial charge in [0.05, 0.1) is 40.3 Å². The molecular weight excluding hydrogens is 1200 g/mol. The van der Waals surface area contributed by atoms with Gasteiger partial charge < -0.3 is 33.3 Å². The number of carbonyl (C=O) groups excluding carboxylic acids is 3. The number of allylic oxidation sites excluding steroid dienone is 26. The van der Waals surface area contributed by atoms with Crippen LogP contribution in [0.1, 0.15) is 322 Å². The predicted octanol–water partition coefficient (Wildman–Crippen LogP) is 24.3. The zero-order valence-electron chi connectivity index (χ0n) is 63.1. The Morgan fingerprint density at radius 2 is 0.557 bits per heavy atom. The molecule has 9 nitrogen and oxygen atoms in total. The maximum Gasteiger partial charge on any atom is 0.306 e. The summed E-state index contributed by atoms with van der Waals surface area (Å²) in [5.41, 5.74) is 0. The monoisotopic (exact) mass is 1350 g/mol. The summed E-state index contributed by atoms with van der Waals surface area (Å²) < 4.78 is 22.9. The summed E-state index contributed by atoms with van der Waals surface area (Å²) in [6, 6.07) is 0.